The molecule has 7 heteroatoms. The van der Waals surface area contributed by atoms with E-state index in [9.17, 15) is 4.79 Å². The van der Waals surface area contributed by atoms with Crippen LogP contribution in [0.15, 0.2) is 18.5 Å². The molecule has 3 heterocycles. The number of anilines is 1. The van der Waals surface area contributed by atoms with E-state index in [2.05, 4.69) is 19.9 Å². The van der Waals surface area contributed by atoms with Gasteiger partial charge in [0.15, 0.2) is 5.65 Å². The van der Waals surface area contributed by atoms with Gasteiger partial charge in [0.2, 0.25) is 0 Å². The van der Waals surface area contributed by atoms with Crippen LogP contribution < -0.4 is 4.90 Å². The van der Waals surface area contributed by atoms with Gasteiger partial charge in [0, 0.05) is 32.4 Å². The second kappa shape index (κ2) is 6.30. The Kier molecular flexibility index (Phi) is 4.34. The molecule has 1 aliphatic rings. The van der Waals surface area contributed by atoms with Gasteiger partial charge >= 0.3 is 6.09 Å². The lowest BCUT2D eigenvalue weighted by Crippen LogP contribution is -2.47. The summed E-state index contributed by atoms with van der Waals surface area (Å²) < 4.78 is 5.45. The van der Waals surface area contributed by atoms with Crippen LogP contribution in [0.4, 0.5) is 10.6 Å². The van der Waals surface area contributed by atoms with Gasteiger partial charge < -0.3 is 19.5 Å². The molecule has 0 spiro atoms. The van der Waals surface area contributed by atoms with E-state index in [1.54, 1.807) is 11.1 Å². The molecule has 24 heavy (non-hydrogen) atoms. The van der Waals surface area contributed by atoms with Crippen LogP contribution in [-0.2, 0) is 4.74 Å². The second-order valence-corrected chi connectivity index (χ2v) is 7.25. The third-order valence-electron chi connectivity index (χ3n) is 4.27. The summed E-state index contributed by atoms with van der Waals surface area (Å²) in [5.74, 6) is 0.889. The third kappa shape index (κ3) is 3.60. The lowest BCUT2D eigenvalue weighted by Gasteiger charge is -2.37. The Morgan fingerprint density at radius 1 is 1.38 bits per heavy atom. The van der Waals surface area contributed by atoms with Gasteiger partial charge in [0.1, 0.15) is 16.9 Å². The highest BCUT2D eigenvalue weighted by molar-refractivity contribution is 5.72. The molecule has 1 amide bonds. The molecule has 130 valence electrons. The number of hydrogen-bond acceptors (Lipinski definition) is 5. The van der Waals surface area contributed by atoms with E-state index in [1.807, 2.05) is 40.1 Å². The van der Waals surface area contributed by atoms with Gasteiger partial charge in [0.05, 0.1) is 6.20 Å². The van der Waals surface area contributed by atoms with Gasteiger partial charge in [-0.2, -0.15) is 0 Å². The molecular weight excluding hydrogens is 306 g/mol. The zero-order valence-corrected chi connectivity index (χ0v) is 14.7. The standard InChI is InChI=1S/C17H25N5O2/c1-17(2,3)24-16(23)21(4)12-6-9-22(10-7-12)14-11-19-15-13(20-14)5-8-18-15/h5,8,11-12H,6-7,9-10H2,1-4H3,(H,18,19). The van der Waals surface area contributed by atoms with Gasteiger partial charge in [-0.15, -0.1) is 0 Å². The van der Waals surface area contributed by atoms with Crippen LogP contribution in [0.25, 0.3) is 11.2 Å². The van der Waals surface area contributed by atoms with Gasteiger partial charge in [-0.05, 0) is 39.7 Å². The SMILES string of the molecule is CN(C(=O)OC(C)(C)C)C1CCN(c2cnc3[nH]ccc3n2)CC1. The third-order valence-corrected chi connectivity index (χ3v) is 4.27. The molecule has 1 aliphatic heterocycles. The summed E-state index contributed by atoms with van der Waals surface area (Å²) in [6.45, 7) is 7.36. The molecule has 0 aromatic carbocycles. The van der Waals surface area contributed by atoms with E-state index in [1.165, 1.54) is 0 Å². The van der Waals surface area contributed by atoms with Crippen LogP contribution in [0.1, 0.15) is 33.6 Å². The Morgan fingerprint density at radius 3 is 2.75 bits per heavy atom. The number of hydrogen-bond donors (Lipinski definition) is 1. The molecular formula is C17H25N5O2. The summed E-state index contributed by atoms with van der Waals surface area (Å²) in [6.07, 6.45) is 5.17. The van der Waals surface area contributed by atoms with Crippen molar-refractivity contribution in [3.05, 3.63) is 18.5 Å². The maximum Gasteiger partial charge on any atom is 0.410 e. The first kappa shape index (κ1) is 16.5. The summed E-state index contributed by atoms with van der Waals surface area (Å²) in [4.78, 5) is 28.2. The van der Waals surface area contributed by atoms with Crippen molar-refractivity contribution in [1.29, 1.82) is 0 Å². The molecule has 0 bridgehead atoms. The van der Waals surface area contributed by atoms with E-state index in [4.69, 9.17) is 4.74 Å². The molecule has 0 aliphatic carbocycles. The summed E-state index contributed by atoms with van der Waals surface area (Å²) in [7, 11) is 1.82. The number of nitrogens with one attached hydrogen (secondary N) is 1. The number of carbonyl (C=O) groups is 1. The minimum Gasteiger partial charge on any atom is -0.444 e. The van der Waals surface area contributed by atoms with Gasteiger partial charge in [0.25, 0.3) is 0 Å². The maximum absolute atomic E-state index is 12.2. The van der Waals surface area contributed by atoms with E-state index < -0.39 is 5.60 Å². The normalized spacial score (nSPS) is 16.4. The van der Waals surface area contributed by atoms with Crippen molar-refractivity contribution in [2.75, 3.05) is 25.0 Å². The quantitative estimate of drug-likeness (QED) is 0.916. The topological polar surface area (TPSA) is 74.3 Å². The van der Waals surface area contributed by atoms with E-state index in [0.29, 0.717) is 0 Å². The van der Waals surface area contributed by atoms with Crippen molar-refractivity contribution >= 4 is 23.1 Å². The van der Waals surface area contributed by atoms with Gasteiger partial charge in [-0.25, -0.2) is 14.8 Å². The average molecular weight is 331 g/mol. The number of piperidine rings is 1. The number of aromatic nitrogens is 3. The molecule has 0 saturated carbocycles. The van der Waals surface area contributed by atoms with E-state index in [-0.39, 0.29) is 12.1 Å². The number of rotatable bonds is 2. The number of carbonyl (C=O) groups excluding carboxylic acids is 1. The Balaban J connectivity index is 1.59. The van der Waals surface area contributed by atoms with E-state index >= 15 is 0 Å². The van der Waals surface area contributed by atoms with Crippen molar-refractivity contribution in [3.63, 3.8) is 0 Å². The fraction of sp³-hybridized carbons (Fsp3) is 0.588. The molecule has 0 atom stereocenters. The monoisotopic (exact) mass is 331 g/mol. The lowest BCUT2D eigenvalue weighted by atomic mass is 10.0. The molecule has 1 saturated heterocycles. The fourth-order valence-corrected chi connectivity index (χ4v) is 2.94. The average Bonchev–Trinajstić information content (AvgIpc) is 3.00. The zero-order chi connectivity index (χ0) is 17.3. The Bertz CT molecular complexity index is 713. The predicted octanol–water partition coefficient (Wildman–Crippen LogP) is 2.79. The second-order valence-electron chi connectivity index (χ2n) is 7.25. The molecule has 7 nitrogen and oxygen atoms in total. The Hall–Kier alpha value is -2.31. The van der Waals surface area contributed by atoms with Crippen LogP contribution in [0, 0.1) is 0 Å². The largest absolute Gasteiger partial charge is 0.444 e. The molecule has 2 aromatic rings. The number of ether oxygens (including phenoxy) is 1. The van der Waals surface area contributed by atoms with Gasteiger partial charge in [-0.1, -0.05) is 0 Å². The number of aromatic amines is 1. The van der Waals surface area contributed by atoms with Crippen LogP contribution in [0.3, 0.4) is 0 Å². The summed E-state index contributed by atoms with van der Waals surface area (Å²) in [6, 6.07) is 2.12. The highest BCUT2D eigenvalue weighted by Gasteiger charge is 2.29. The number of H-pyrrole nitrogens is 1. The number of fused-ring (bicyclic) bond motifs is 1. The zero-order valence-electron chi connectivity index (χ0n) is 14.7. The molecule has 0 radical (unpaired) electrons. The van der Waals surface area contributed by atoms with Crippen molar-refractivity contribution in [1.82, 2.24) is 19.9 Å². The number of amides is 1. The molecule has 2 aromatic heterocycles. The molecule has 1 fully saturated rings. The first-order valence-corrected chi connectivity index (χ1v) is 8.34. The summed E-state index contributed by atoms with van der Waals surface area (Å²) >= 11 is 0. The lowest BCUT2D eigenvalue weighted by molar-refractivity contribution is 0.0201. The minimum absolute atomic E-state index is 0.194. The minimum atomic E-state index is -0.465. The Labute approximate surface area is 142 Å². The van der Waals surface area contributed by atoms with Crippen molar-refractivity contribution in [3.8, 4) is 0 Å². The van der Waals surface area contributed by atoms with Crippen LogP contribution in [-0.4, -0.2) is 57.7 Å². The van der Waals surface area contributed by atoms with Crippen LogP contribution >= 0.6 is 0 Å². The molecule has 0 unspecified atom stereocenters. The van der Waals surface area contributed by atoms with Crippen molar-refractivity contribution in [2.45, 2.75) is 45.3 Å². The summed E-state index contributed by atoms with van der Waals surface area (Å²) in [5, 5.41) is 0. The van der Waals surface area contributed by atoms with Crippen LogP contribution in [0.2, 0.25) is 0 Å². The number of nitrogens with zero attached hydrogens (tertiary/aromatic N) is 4. The van der Waals surface area contributed by atoms with E-state index in [0.717, 1.165) is 42.9 Å². The van der Waals surface area contributed by atoms with Crippen LogP contribution in [0.5, 0.6) is 0 Å². The first-order valence-electron chi connectivity index (χ1n) is 8.34. The smallest absolute Gasteiger partial charge is 0.410 e. The van der Waals surface area contributed by atoms with Gasteiger partial charge in [-0.3, -0.25) is 0 Å². The maximum atomic E-state index is 12.2. The highest BCUT2D eigenvalue weighted by atomic mass is 16.6. The molecule has 1 N–H and O–H groups in total. The first-order chi connectivity index (χ1) is 11.3. The van der Waals surface area contributed by atoms with Crippen molar-refractivity contribution < 1.29 is 9.53 Å². The fourth-order valence-electron chi connectivity index (χ4n) is 2.94. The van der Waals surface area contributed by atoms with Crippen molar-refractivity contribution in [2.24, 2.45) is 0 Å². The Morgan fingerprint density at radius 2 is 2.08 bits per heavy atom. The highest BCUT2D eigenvalue weighted by Crippen LogP contribution is 2.22. The summed E-state index contributed by atoms with van der Waals surface area (Å²) in [5.41, 5.74) is 1.21. The predicted molar refractivity (Wildman–Crippen MR) is 93.1 cm³/mol. The molecule has 3 rings (SSSR count).